The number of rotatable bonds is 24. The van der Waals surface area contributed by atoms with E-state index < -0.39 is 0 Å². The molecule has 2 N–H and O–H groups in total. The zero-order valence-corrected chi connectivity index (χ0v) is 19.8. The summed E-state index contributed by atoms with van der Waals surface area (Å²) in [6.07, 6.45) is 28.9. The molecule has 0 aromatic heterocycles. The number of unbranched alkanes of at least 4 members (excludes halogenated alkanes) is 19. The van der Waals surface area contributed by atoms with Crippen molar-refractivity contribution >= 4 is 5.91 Å². The van der Waals surface area contributed by atoms with Crippen LogP contribution in [0.25, 0.3) is 0 Å². The van der Waals surface area contributed by atoms with E-state index in [4.69, 9.17) is 5.11 Å². The van der Waals surface area contributed by atoms with E-state index in [9.17, 15) is 4.79 Å². The summed E-state index contributed by atoms with van der Waals surface area (Å²) in [4.78, 5) is 11.5. The van der Waals surface area contributed by atoms with Gasteiger partial charge in [0.25, 0.3) is 0 Å². The third-order valence-electron chi connectivity index (χ3n) is 5.91. The fourth-order valence-corrected chi connectivity index (χ4v) is 3.94. The van der Waals surface area contributed by atoms with Gasteiger partial charge in [-0.05, 0) is 12.8 Å². The second-order valence-electron chi connectivity index (χ2n) is 8.89. The van der Waals surface area contributed by atoms with Crippen LogP contribution in [0.5, 0.6) is 0 Å². The van der Waals surface area contributed by atoms with Crippen molar-refractivity contribution in [2.75, 3.05) is 13.2 Å². The molecule has 0 saturated heterocycles. The SMILES string of the molecule is CCCCCCCCCCCCCCCCCCCCCCC(=O)NCCCO. The molecule has 0 radical (unpaired) electrons. The van der Waals surface area contributed by atoms with Crippen LogP contribution in [0.4, 0.5) is 0 Å². The lowest BCUT2D eigenvalue weighted by molar-refractivity contribution is -0.121. The Hall–Kier alpha value is -0.570. The first kappa shape index (κ1) is 28.4. The van der Waals surface area contributed by atoms with Gasteiger partial charge in [0.05, 0.1) is 0 Å². The van der Waals surface area contributed by atoms with Crippen LogP contribution in [-0.4, -0.2) is 24.2 Å². The van der Waals surface area contributed by atoms with Gasteiger partial charge in [-0.1, -0.05) is 129 Å². The monoisotopic (exact) mass is 411 g/mol. The predicted octanol–water partition coefficient (Wildman–Crippen LogP) is 7.70. The Morgan fingerprint density at radius 1 is 0.552 bits per heavy atom. The number of carbonyl (C=O) groups is 1. The predicted molar refractivity (Wildman–Crippen MR) is 127 cm³/mol. The summed E-state index contributed by atoms with van der Waals surface area (Å²) in [7, 11) is 0. The van der Waals surface area contributed by atoms with E-state index >= 15 is 0 Å². The number of nitrogens with one attached hydrogen (secondary N) is 1. The first-order valence-corrected chi connectivity index (χ1v) is 13.2. The molecule has 0 rings (SSSR count). The summed E-state index contributed by atoms with van der Waals surface area (Å²) in [5.41, 5.74) is 0. The molecule has 0 aliphatic carbocycles. The topological polar surface area (TPSA) is 49.3 Å². The molecular weight excluding hydrogens is 358 g/mol. The smallest absolute Gasteiger partial charge is 0.219 e. The molecule has 29 heavy (non-hydrogen) atoms. The number of amides is 1. The van der Waals surface area contributed by atoms with E-state index in [2.05, 4.69) is 12.2 Å². The van der Waals surface area contributed by atoms with Gasteiger partial charge in [0.2, 0.25) is 5.91 Å². The van der Waals surface area contributed by atoms with Gasteiger partial charge in [-0.25, -0.2) is 0 Å². The summed E-state index contributed by atoms with van der Waals surface area (Å²) in [5, 5.41) is 11.5. The van der Waals surface area contributed by atoms with Gasteiger partial charge < -0.3 is 10.4 Å². The minimum absolute atomic E-state index is 0.140. The van der Waals surface area contributed by atoms with Crippen molar-refractivity contribution in [2.24, 2.45) is 0 Å². The van der Waals surface area contributed by atoms with E-state index in [1.54, 1.807) is 0 Å². The Balaban J connectivity index is 3.06. The summed E-state index contributed by atoms with van der Waals surface area (Å²) in [5.74, 6) is 0.140. The van der Waals surface area contributed by atoms with E-state index in [-0.39, 0.29) is 12.5 Å². The molecule has 174 valence electrons. The van der Waals surface area contributed by atoms with Crippen molar-refractivity contribution in [3.63, 3.8) is 0 Å². The molecular formula is C26H53NO2. The van der Waals surface area contributed by atoms with Gasteiger partial charge in [0, 0.05) is 19.6 Å². The molecule has 0 atom stereocenters. The van der Waals surface area contributed by atoms with Crippen LogP contribution in [0.1, 0.15) is 148 Å². The summed E-state index contributed by atoms with van der Waals surface area (Å²) in [6.45, 7) is 3.05. The molecule has 3 nitrogen and oxygen atoms in total. The molecule has 0 aromatic rings. The molecule has 0 fully saturated rings. The van der Waals surface area contributed by atoms with Crippen molar-refractivity contribution < 1.29 is 9.90 Å². The minimum atomic E-state index is 0.140. The van der Waals surface area contributed by atoms with Crippen LogP contribution in [0.3, 0.4) is 0 Å². The van der Waals surface area contributed by atoms with Gasteiger partial charge in [-0.15, -0.1) is 0 Å². The maximum Gasteiger partial charge on any atom is 0.219 e. The van der Waals surface area contributed by atoms with Crippen LogP contribution in [0, 0.1) is 0 Å². The van der Waals surface area contributed by atoms with Crippen molar-refractivity contribution in [1.82, 2.24) is 5.32 Å². The average molecular weight is 412 g/mol. The fraction of sp³-hybridized carbons (Fsp3) is 0.962. The zero-order chi connectivity index (χ0) is 21.3. The van der Waals surface area contributed by atoms with Crippen molar-refractivity contribution in [1.29, 1.82) is 0 Å². The Morgan fingerprint density at radius 2 is 0.897 bits per heavy atom. The molecule has 3 heteroatoms. The second-order valence-corrected chi connectivity index (χ2v) is 8.89. The standard InChI is InChI=1S/C26H53NO2/c1-2-3-4-5-6-7-8-9-10-11-12-13-14-15-16-17-18-19-20-21-23-26(29)27-24-22-25-28/h28H,2-25H2,1H3,(H,27,29). The van der Waals surface area contributed by atoms with Crippen LogP contribution >= 0.6 is 0 Å². The number of aliphatic hydroxyl groups excluding tert-OH is 1. The third-order valence-corrected chi connectivity index (χ3v) is 5.91. The molecule has 0 aliphatic heterocycles. The lowest BCUT2D eigenvalue weighted by Crippen LogP contribution is -2.24. The van der Waals surface area contributed by atoms with Crippen LogP contribution < -0.4 is 5.32 Å². The molecule has 0 unspecified atom stereocenters. The highest BCUT2D eigenvalue weighted by atomic mass is 16.3. The minimum Gasteiger partial charge on any atom is -0.396 e. The van der Waals surface area contributed by atoms with Crippen LogP contribution in [0.2, 0.25) is 0 Å². The summed E-state index contributed by atoms with van der Waals surface area (Å²) < 4.78 is 0. The van der Waals surface area contributed by atoms with E-state index in [0.717, 1.165) is 6.42 Å². The molecule has 0 bridgehead atoms. The van der Waals surface area contributed by atoms with Crippen molar-refractivity contribution in [2.45, 2.75) is 148 Å². The zero-order valence-electron chi connectivity index (χ0n) is 19.8. The Labute approximate surface area is 182 Å². The summed E-state index contributed by atoms with van der Waals surface area (Å²) >= 11 is 0. The van der Waals surface area contributed by atoms with Gasteiger partial charge >= 0.3 is 0 Å². The van der Waals surface area contributed by atoms with Gasteiger partial charge in [0.15, 0.2) is 0 Å². The molecule has 0 spiro atoms. The molecule has 0 heterocycles. The Bertz CT molecular complexity index is 320. The normalized spacial score (nSPS) is 11.1. The van der Waals surface area contributed by atoms with Crippen LogP contribution in [0.15, 0.2) is 0 Å². The number of hydrogen-bond donors (Lipinski definition) is 2. The molecule has 1 amide bonds. The third kappa shape index (κ3) is 25.4. The first-order chi connectivity index (χ1) is 14.3. The maximum absolute atomic E-state index is 11.5. The lowest BCUT2D eigenvalue weighted by Gasteiger charge is -2.05. The highest BCUT2D eigenvalue weighted by Gasteiger charge is 2.00. The van der Waals surface area contributed by atoms with Crippen LogP contribution in [-0.2, 0) is 4.79 Å². The number of hydrogen-bond acceptors (Lipinski definition) is 2. The Morgan fingerprint density at radius 3 is 1.24 bits per heavy atom. The van der Waals surface area contributed by atoms with E-state index in [1.165, 1.54) is 122 Å². The summed E-state index contributed by atoms with van der Waals surface area (Å²) in [6, 6.07) is 0. The largest absolute Gasteiger partial charge is 0.396 e. The van der Waals surface area contributed by atoms with Crippen molar-refractivity contribution in [3.8, 4) is 0 Å². The highest BCUT2D eigenvalue weighted by molar-refractivity contribution is 5.75. The van der Waals surface area contributed by atoms with Gasteiger partial charge in [0.1, 0.15) is 0 Å². The van der Waals surface area contributed by atoms with Gasteiger partial charge in [-0.2, -0.15) is 0 Å². The lowest BCUT2D eigenvalue weighted by atomic mass is 10.0. The van der Waals surface area contributed by atoms with E-state index in [1.807, 2.05) is 0 Å². The Kier molecular flexibility index (Phi) is 25.0. The number of aliphatic hydroxyl groups is 1. The maximum atomic E-state index is 11.5. The first-order valence-electron chi connectivity index (χ1n) is 13.2. The molecule has 0 aliphatic rings. The quantitative estimate of drug-likeness (QED) is 0.160. The van der Waals surface area contributed by atoms with Crippen molar-refractivity contribution in [3.05, 3.63) is 0 Å². The number of carbonyl (C=O) groups excluding carboxylic acids is 1. The highest BCUT2D eigenvalue weighted by Crippen LogP contribution is 2.15. The van der Waals surface area contributed by atoms with Gasteiger partial charge in [-0.3, -0.25) is 4.79 Å². The average Bonchev–Trinajstić information content (AvgIpc) is 2.72. The molecule has 0 saturated carbocycles. The second kappa shape index (κ2) is 25.5. The fourth-order valence-electron chi connectivity index (χ4n) is 3.94. The van der Waals surface area contributed by atoms with E-state index in [0.29, 0.717) is 19.4 Å². The molecule has 0 aromatic carbocycles.